The molecule has 2 aromatic heterocycles. The standard InChI is InChI=1S/C23H28ClN5O2S/c1-3-25-21(30)15-27-9-6-10-28(12-11-27)22(31)20-13-18-16(2)26-29(23(18)32-20)14-17-7-4-5-8-19(17)24/h4-5,7-8,13H,3,6,9-12,14-15H2,1-2H3,(H,25,30). The molecule has 32 heavy (non-hydrogen) atoms. The molecule has 1 aliphatic heterocycles. The highest BCUT2D eigenvalue weighted by atomic mass is 35.5. The lowest BCUT2D eigenvalue weighted by Crippen LogP contribution is -2.39. The molecule has 7 nitrogen and oxygen atoms in total. The number of benzene rings is 1. The van der Waals surface area contributed by atoms with E-state index in [1.807, 2.05) is 53.8 Å². The molecule has 3 heterocycles. The van der Waals surface area contributed by atoms with E-state index >= 15 is 0 Å². The largest absolute Gasteiger partial charge is 0.355 e. The van der Waals surface area contributed by atoms with Crippen molar-refractivity contribution in [3.63, 3.8) is 0 Å². The molecule has 4 rings (SSSR count). The van der Waals surface area contributed by atoms with Crippen molar-refractivity contribution in [2.75, 3.05) is 39.3 Å². The fourth-order valence-electron chi connectivity index (χ4n) is 4.06. The van der Waals surface area contributed by atoms with Gasteiger partial charge in [0.05, 0.1) is 23.7 Å². The van der Waals surface area contributed by atoms with Gasteiger partial charge in [-0.15, -0.1) is 11.3 Å². The van der Waals surface area contributed by atoms with Gasteiger partial charge in [0.15, 0.2) is 0 Å². The van der Waals surface area contributed by atoms with Crippen LogP contribution >= 0.6 is 22.9 Å². The van der Waals surface area contributed by atoms with Crippen molar-refractivity contribution in [1.82, 2.24) is 24.9 Å². The Balaban J connectivity index is 1.48. The third-order valence-electron chi connectivity index (χ3n) is 5.71. The van der Waals surface area contributed by atoms with E-state index < -0.39 is 0 Å². The van der Waals surface area contributed by atoms with Crippen LogP contribution in [0, 0.1) is 6.92 Å². The SMILES string of the molecule is CCNC(=O)CN1CCCN(C(=O)c2cc3c(C)nn(Cc4ccccc4Cl)c3s2)CC1. The molecular formula is C23H28ClN5O2S. The van der Waals surface area contributed by atoms with E-state index in [1.165, 1.54) is 11.3 Å². The van der Waals surface area contributed by atoms with E-state index in [0.717, 1.165) is 39.3 Å². The molecule has 1 fully saturated rings. The summed E-state index contributed by atoms with van der Waals surface area (Å²) in [6, 6.07) is 9.71. The molecule has 0 radical (unpaired) electrons. The zero-order chi connectivity index (χ0) is 22.7. The van der Waals surface area contributed by atoms with Gasteiger partial charge < -0.3 is 10.2 Å². The Morgan fingerprint density at radius 3 is 2.78 bits per heavy atom. The highest BCUT2D eigenvalue weighted by Crippen LogP contribution is 2.30. The van der Waals surface area contributed by atoms with Crippen LogP contribution in [0.25, 0.3) is 10.2 Å². The van der Waals surface area contributed by atoms with Gasteiger partial charge in [0.25, 0.3) is 5.91 Å². The lowest BCUT2D eigenvalue weighted by Gasteiger charge is -2.21. The number of fused-ring (bicyclic) bond motifs is 1. The molecule has 3 aromatic rings. The number of carbonyl (C=O) groups is 2. The lowest BCUT2D eigenvalue weighted by atomic mass is 10.2. The van der Waals surface area contributed by atoms with E-state index in [0.29, 0.717) is 44.3 Å². The molecule has 9 heteroatoms. The van der Waals surface area contributed by atoms with E-state index in [-0.39, 0.29) is 11.8 Å². The Labute approximate surface area is 196 Å². The summed E-state index contributed by atoms with van der Waals surface area (Å²) in [5.41, 5.74) is 1.91. The molecule has 170 valence electrons. The van der Waals surface area contributed by atoms with Crippen molar-refractivity contribution in [3.8, 4) is 0 Å². The zero-order valence-electron chi connectivity index (χ0n) is 18.4. The summed E-state index contributed by atoms with van der Waals surface area (Å²) in [5.74, 6) is 0.0880. The second kappa shape index (κ2) is 10.0. The molecule has 2 amide bonds. The summed E-state index contributed by atoms with van der Waals surface area (Å²) in [5, 5.41) is 9.23. The van der Waals surface area contributed by atoms with Crippen molar-refractivity contribution in [2.24, 2.45) is 0 Å². The molecule has 0 spiro atoms. The van der Waals surface area contributed by atoms with Gasteiger partial charge in [-0.05, 0) is 38.0 Å². The van der Waals surface area contributed by atoms with Crippen LogP contribution in [0.3, 0.4) is 0 Å². The number of amides is 2. The quantitative estimate of drug-likeness (QED) is 0.595. The van der Waals surface area contributed by atoms with Crippen LogP contribution < -0.4 is 5.32 Å². The summed E-state index contributed by atoms with van der Waals surface area (Å²) in [6.07, 6.45) is 0.856. The summed E-state index contributed by atoms with van der Waals surface area (Å²) >= 11 is 7.82. The number of aryl methyl sites for hydroxylation is 1. The van der Waals surface area contributed by atoms with Crippen molar-refractivity contribution in [1.29, 1.82) is 0 Å². The third kappa shape index (κ3) is 4.98. The number of rotatable bonds is 6. The van der Waals surface area contributed by atoms with Crippen LogP contribution in [0.4, 0.5) is 0 Å². The predicted molar refractivity (Wildman–Crippen MR) is 129 cm³/mol. The van der Waals surface area contributed by atoms with Gasteiger partial charge in [-0.3, -0.25) is 19.2 Å². The Hall–Kier alpha value is -2.42. The zero-order valence-corrected chi connectivity index (χ0v) is 20.0. The highest BCUT2D eigenvalue weighted by molar-refractivity contribution is 7.20. The maximum absolute atomic E-state index is 13.3. The van der Waals surface area contributed by atoms with Crippen LogP contribution in [0.5, 0.6) is 0 Å². The smallest absolute Gasteiger partial charge is 0.264 e. The summed E-state index contributed by atoms with van der Waals surface area (Å²) in [7, 11) is 0. The third-order valence-corrected chi connectivity index (χ3v) is 7.22. The minimum absolute atomic E-state index is 0.0373. The van der Waals surface area contributed by atoms with Gasteiger partial charge in [-0.25, -0.2) is 0 Å². The molecule has 0 unspecified atom stereocenters. The van der Waals surface area contributed by atoms with Gasteiger partial charge in [0.1, 0.15) is 4.83 Å². The Kier molecular flexibility index (Phi) is 7.13. The molecule has 1 aromatic carbocycles. The number of hydrogen-bond acceptors (Lipinski definition) is 5. The second-order valence-electron chi connectivity index (χ2n) is 8.04. The monoisotopic (exact) mass is 473 g/mol. The predicted octanol–water partition coefficient (Wildman–Crippen LogP) is 3.39. The molecule has 0 saturated carbocycles. The first-order valence-corrected chi connectivity index (χ1v) is 12.1. The number of nitrogens with one attached hydrogen (secondary N) is 1. The van der Waals surface area contributed by atoms with Crippen molar-refractivity contribution >= 4 is 45.0 Å². The Bertz CT molecular complexity index is 1120. The van der Waals surface area contributed by atoms with Crippen molar-refractivity contribution in [2.45, 2.75) is 26.8 Å². The first-order chi connectivity index (χ1) is 15.5. The molecule has 0 aliphatic carbocycles. The minimum Gasteiger partial charge on any atom is -0.355 e. The highest BCUT2D eigenvalue weighted by Gasteiger charge is 2.24. The first-order valence-electron chi connectivity index (χ1n) is 10.9. The van der Waals surface area contributed by atoms with Crippen molar-refractivity contribution in [3.05, 3.63) is 51.5 Å². The maximum atomic E-state index is 13.3. The van der Waals surface area contributed by atoms with Crippen LogP contribution in [0.1, 0.15) is 34.3 Å². The van der Waals surface area contributed by atoms with Crippen molar-refractivity contribution < 1.29 is 9.59 Å². The molecule has 1 N–H and O–H groups in total. The lowest BCUT2D eigenvalue weighted by molar-refractivity contribution is -0.122. The van der Waals surface area contributed by atoms with E-state index in [1.54, 1.807) is 0 Å². The number of halogens is 1. The first kappa shape index (κ1) is 22.8. The van der Waals surface area contributed by atoms with E-state index in [9.17, 15) is 9.59 Å². The number of carbonyl (C=O) groups excluding carboxylic acids is 2. The number of likely N-dealkylation sites (N-methyl/N-ethyl adjacent to an activating group) is 1. The fraction of sp³-hybridized carbons (Fsp3) is 0.435. The summed E-state index contributed by atoms with van der Waals surface area (Å²) in [4.78, 5) is 30.9. The van der Waals surface area contributed by atoms with Crippen LogP contribution in [-0.2, 0) is 11.3 Å². The average Bonchev–Trinajstić information content (AvgIpc) is 3.23. The second-order valence-corrected chi connectivity index (χ2v) is 9.48. The fourth-order valence-corrected chi connectivity index (χ4v) is 5.38. The topological polar surface area (TPSA) is 70.5 Å². The summed E-state index contributed by atoms with van der Waals surface area (Å²) in [6.45, 7) is 8.31. The molecule has 1 saturated heterocycles. The summed E-state index contributed by atoms with van der Waals surface area (Å²) < 4.78 is 1.93. The van der Waals surface area contributed by atoms with Crippen LogP contribution in [-0.4, -0.2) is 70.7 Å². The van der Waals surface area contributed by atoms with Gasteiger partial charge in [0.2, 0.25) is 5.91 Å². The van der Waals surface area contributed by atoms with E-state index in [2.05, 4.69) is 15.3 Å². The average molecular weight is 474 g/mol. The van der Waals surface area contributed by atoms with Gasteiger partial charge in [-0.2, -0.15) is 5.10 Å². The van der Waals surface area contributed by atoms with E-state index in [4.69, 9.17) is 11.6 Å². The maximum Gasteiger partial charge on any atom is 0.264 e. The number of aromatic nitrogens is 2. The number of hydrogen-bond donors (Lipinski definition) is 1. The Morgan fingerprint density at radius 2 is 2.00 bits per heavy atom. The molecule has 0 atom stereocenters. The van der Waals surface area contributed by atoms with Gasteiger partial charge in [0, 0.05) is 43.1 Å². The molecule has 0 bridgehead atoms. The number of thiophene rings is 1. The van der Waals surface area contributed by atoms with Gasteiger partial charge in [-0.1, -0.05) is 29.8 Å². The molecular weight excluding hydrogens is 446 g/mol. The number of nitrogens with zero attached hydrogens (tertiary/aromatic N) is 4. The molecule has 1 aliphatic rings. The van der Waals surface area contributed by atoms with Gasteiger partial charge >= 0.3 is 0 Å². The Morgan fingerprint density at radius 1 is 1.19 bits per heavy atom. The minimum atomic E-state index is 0.0373. The normalized spacial score (nSPS) is 15.2. The van der Waals surface area contributed by atoms with Crippen LogP contribution in [0.2, 0.25) is 5.02 Å². The van der Waals surface area contributed by atoms with Crippen LogP contribution in [0.15, 0.2) is 30.3 Å².